The van der Waals surface area contributed by atoms with E-state index in [2.05, 4.69) is 27.5 Å². The molecule has 5 nitrogen and oxygen atoms in total. The number of halogens is 2. The van der Waals surface area contributed by atoms with E-state index in [1.165, 1.54) is 12.8 Å². The third-order valence-electron chi connectivity index (χ3n) is 5.63. The smallest absolute Gasteiger partial charge is 0.224 e. The number of H-pyrrole nitrogens is 1. The lowest BCUT2D eigenvalue weighted by molar-refractivity contribution is -0.117. The van der Waals surface area contributed by atoms with Gasteiger partial charge in [-0.25, -0.2) is 4.98 Å². The Labute approximate surface area is 173 Å². The highest BCUT2D eigenvalue weighted by atomic mass is 35.5. The zero-order valence-corrected chi connectivity index (χ0v) is 17.4. The third kappa shape index (κ3) is 5.37. The van der Waals surface area contributed by atoms with Crippen molar-refractivity contribution in [3.05, 3.63) is 24.0 Å². The summed E-state index contributed by atoms with van der Waals surface area (Å²) in [5.74, 6) is 1.69. The van der Waals surface area contributed by atoms with E-state index in [4.69, 9.17) is 0 Å². The summed E-state index contributed by atoms with van der Waals surface area (Å²) in [7, 11) is 0. The molecule has 2 aliphatic rings. The summed E-state index contributed by atoms with van der Waals surface area (Å²) in [6.07, 6.45) is 8.76. The first-order chi connectivity index (χ1) is 12.2. The molecule has 2 aromatic rings. The Balaban J connectivity index is 0.00000131. The first-order valence-corrected chi connectivity index (χ1v) is 9.74. The highest BCUT2D eigenvalue weighted by Crippen LogP contribution is 2.32. The molecule has 2 aliphatic heterocycles. The average molecular weight is 413 g/mol. The molecule has 0 aliphatic carbocycles. The van der Waals surface area contributed by atoms with Gasteiger partial charge in [0.2, 0.25) is 5.91 Å². The van der Waals surface area contributed by atoms with E-state index in [0.29, 0.717) is 24.4 Å². The molecule has 2 bridgehead atoms. The molecule has 2 saturated heterocycles. The van der Waals surface area contributed by atoms with Crippen molar-refractivity contribution in [3.8, 4) is 0 Å². The van der Waals surface area contributed by atoms with Crippen LogP contribution in [0.15, 0.2) is 18.2 Å². The van der Waals surface area contributed by atoms with Gasteiger partial charge >= 0.3 is 0 Å². The van der Waals surface area contributed by atoms with Gasteiger partial charge in [0.15, 0.2) is 0 Å². The second-order valence-electron chi connectivity index (χ2n) is 7.75. The van der Waals surface area contributed by atoms with Gasteiger partial charge in [-0.05, 0) is 56.2 Å². The number of nitrogens with zero attached hydrogens (tertiary/aromatic N) is 1. The zero-order valence-electron chi connectivity index (χ0n) is 15.8. The predicted octanol–water partition coefficient (Wildman–Crippen LogP) is 4.61. The molecule has 2 fully saturated rings. The number of aryl methyl sites for hydroxylation is 1. The number of nitrogens with one attached hydrogen (secondary N) is 3. The van der Waals surface area contributed by atoms with E-state index in [0.717, 1.165) is 54.6 Å². The number of imidazole rings is 1. The van der Waals surface area contributed by atoms with Crippen LogP contribution < -0.4 is 10.6 Å². The normalized spacial score (nSPS) is 23.5. The summed E-state index contributed by atoms with van der Waals surface area (Å²) in [5, 5.41) is 6.71. The molecule has 3 heterocycles. The van der Waals surface area contributed by atoms with Crippen molar-refractivity contribution >= 4 is 47.4 Å². The highest BCUT2D eigenvalue weighted by molar-refractivity contribution is 5.93. The number of anilines is 1. The number of amides is 1. The van der Waals surface area contributed by atoms with Crippen LogP contribution in [0.5, 0.6) is 0 Å². The first kappa shape index (κ1) is 22.0. The molecule has 1 amide bonds. The van der Waals surface area contributed by atoms with E-state index in [-0.39, 0.29) is 30.7 Å². The van der Waals surface area contributed by atoms with Gasteiger partial charge in [0, 0.05) is 30.6 Å². The molecular weight excluding hydrogens is 383 g/mol. The van der Waals surface area contributed by atoms with Gasteiger partial charge in [0.1, 0.15) is 5.82 Å². The van der Waals surface area contributed by atoms with Crippen molar-refractivity contribution in [2.45, 2.75) is 70.4 Å². The Morgan fingerprint density at radius 2 is 1.96 bits per heavy atom. The van der Waals surface area contributed by atoms with Crippen molar-refractivity contribution in [2.24, 2.45) is 5.92 Å². The number of carbonyl (C=O) groups is 1. The lowest BCUT2D eigenvalue weighted by atomic mass is 9.89. The van der Waals surface area contributed by atoms with Crippen LogP contribution in [0.2, 0.25) is 0 Å². The number of hydrogen-bond acceptors (Lipinski definition) is 3. The van der Waals surface area contributed by atoms with Crippen LogP contribution >= 0.6 is 24.8 Å². The molecule has 7 heteroatoms. The zero-order chi connectivity index (χ0) is 17.2. The van der Waals surface area contributed by atoms with Gasteiger partial charge in [-0.15, -0.1) is 24.8 Å². The quantitative estimate of drug-likeness (QED) is 0.648. The van der Waals surface area contributed by atoms with Crippen molar-refractivity contribution in [1.82, 2.24) is 15.3 Å². The SMILES string of the molecule is CCCCc1nc2ccc(NC(=O)CC3CC4CCC(C3)N4)cc2[nH]1.Cl.Cl. The number of fused-ring (bicyclic) bond motifs is 3. The maximum Gasteiger partial charge on any atom is 0.224 e. The minimum atomic E-state index is 0. The number of aromatic amines is 1. The van der Waals surface area contributed by atoms with Gasteiger partial charge in [0.05, 0.1) is 11.0 Å². The third-order valence-corrected chi connectivity index (χ3v) is 5.63. The van der Waals surface area contributed by atoms with Crippen molar-refractivity contribution in [2.75, 3.05) is 5.32 Å². The molecule has 3 N–H and O–H groups in total. The van der Waals surface area contributed by atoms with Crippen LogP contribution in [0, 0.1) is 5.92 Å². The summed E-state index contributed by atoms with van der Waals surface area (Å²) in [6, 6.07) is 7.22. The molecular formula is C20H30Cl2N4O. The van der Waals surface area contributed by atoms with Crippen LogP contribution in [0.3, 0.4) is 0 Å². The fourth-order valence-electron chi connectivity index (χ4n) is 4.42. The van der Waals surface area contributed by atoms with Crippen molar-refractivity contribution in [3.63, 3.8) is 0 Å². The Kier molecular flexibility index (Phi) is 7.95. The molecule has 0 saturated carbocycles. The summed E-state index contributed by atoms with van der Waals surface area (Å²) < 4.78 is 0. The number of unbranched alkanes of at least 4 members (excludes halogenated alkanes) is 1. The molecule has 4 rings (SSSR count). The van der Waals surface area contributed by atoms with E-state index >= 15 is 0 Å². The first-order valence-electron chi connectivity index (χ1n) is 9.74. The van der Waals surface area contributed by atoms with E-state index < -0.39 is 0 Å². The summed E-state index contributed by atoms with van der Waals surface area (Å²) in [6.45, 7) is 2.18. The Bertz CT molecular complexity index is 752. The average Bonchev–Trinajstić information content (AvgIpc) is 3.14. The molecule has 1 aromatic heterocycles. The monoisotopic (exact) mass is 412 g/mol. The van der Waals surface area contributed by atoms with Crippen LogP contribution in [-0.4, -0.2) is 28.0 Å². The van der Waals surface area contributed by atoms with Crippen LogP contribution in [0.4, 0.5) is 5.69 Å². The number of piperidine rings is 1. The van der Waals surface area contributed by atoms with E-state index in [1.54, 1.807) is 0 Å². The van der Waals surface area contributed by atoms with Crippen molar-refractivity contribution < 1.29 is 4.79 Å². The van der Waals surface area contributed by atoms with Crippen LogP contribution in [-0.2, 0) is 11.2 Å². The number of carbonyl (C=O) groups excluding carboxylic acids is 1. The van der Waals surface area contributed by atoms with E-state index in [1.807, 2.05) is 18.2 Å². The molecule has 1 aromatic carbocycles. The van der Waals surface area contributed by atoms with Crippen molar-refractivity contribution in [1.29, 1.82) is 0 Å². The predicted molar refractivity (Wildman–Crippen MR) is 115 cm³/mol. The second kappa shape index (κ2) is 9.76. The van der Waals surface area contributed by atoms with Gasteiger partial charge in [0.25, 0.3) is 0 Å². The maximum absolute atomic E-state index is 12.4. The van der Waals surface area contributed by atoms with Crippen LogP contribution in [0.25, 0.3) is 11.0 Å². The molecule has 27 heavy (non-hydrogen) atoms. The van der Waals surface area contributed by atoms with Gasteiger partial charge in [-0.1, -0.05) is 13.3 Å². The number of hydrogen-bond donors (Lipinski definition) is 3. The highest BCUT2D eigenvalue weighted by Gasteiger charge is 2.34. The number of benzene rings is 1. The number of aromatic nitrogens is 2. The topological polar surface area (TPSA) is 69.8 Å². The Hall–Kier alpha value is -1.30. The van der Waals surface area contributed by atoms with E-state index in [9.17, 15) is 4.79 Å². The fraction of sp³-hybridized carbons (Fsp3) is 0.600. The molecule has 2 unspecified atom stereocenters. The largest absolute Gasteiger partial charge is 0.342 e. The maximum atomic E-state index is 12.4. The number of rotatable bonds is 6. The lowest BCUT2D eigenvalue weighted by Crippen LogP contribution is -2.39. The fourth-order valence-corrected chi connectivity index (χ4v) is 4.42. The summed E-state index contributed by atoms with van der Waals surface area (Å²) >= 11 is 0. The minimum Gasteiger partial charge on any atom is -0.342 e. The molecule has 0 radical (unpaired) electrons. The van der Waals surface area contributed by atoms with Gasteiger partial charge in [-0.2, -0.15) is 0 Å². The van der Waals surface area contributed by atoms with Crippen LogP contribution in [0.1, 0.15) is 57.7 Å². The van der Waals surface area contributed by atoms with Gasteiger partial charge in [-0.3, -0.25) is 4.79 Å². The molecule has 0 spiro atoms. The summed E-state index contributed by atoms with van der Waals surface area (Å²) in [5.41, 5.74) is 2.84. The standard InChI is InChI=1S/C20H28N4O.2ClH/c1-2-3-4-19-23-17-8-7-16(12-18(17)24-19)22-20(25)11-13-9-14-5-6-15(10-13)21-14;;/h7-8,12-15,21H,2-6,9-11H2,1H3,(H,22,25)(H,23,24);2*1H. The molecule has 2 atom stereocenters. The summed E-state index contributed by atoms with van der Waals surface area (Å²) in [4.78, 5) is 20.4. The Morgan fingerprint density at radius 3 is 2.67 bits per heavy atom. The Morgan fingerprint density at radius 1 is 1.22 bits per heavy atom. The minimum absolute atomic E-state index is 0. The van der Waals surface area contributed by atoms with Gasteiger partial charge < -0.3 is 15.6 Å². The molecule has 150 valence electrons. The second-order valence-corrected chi connectivity index (χ2v) is 7.75. The lowest BCUT2D eigenvalue weighted by Gasteiger charge is -2.28.